The number of hydrogen-bond donors (Lipinski definition) is 1. The van der Waals surface area contributed by atoms with Gasteiger partial charge in [-0.2, -0.15) is 0 Å². The number of aliphatic hydroxyl groups excluding tert-OH is 1. The second kappa shape index (κ2) is 7.18. The first-order valence-electron chi connectivity index (χ1n) is 8.61. The van der Waals surface area contributed by atoms with Crippen LogP contribution in [0.5, 0.6) is 0 Å². The number of carbonyl (C=O) groups is 2. The summed E-state index contributed by atoms with van der Waals surface area (Å²) >= 11 is 5.88. The molecule has 3 aromatic rings. The van der Waals surface area contributed by atoms with E-state index in [4.69, 9.17) is 16.0 Å². The number of amides is 1. The molecule has 0 bridgehead atoms. The van der Waals surface area contributed by atoms with Crippen LogP contribution in [-0.2, 0) is 9.59 Å². The predicted octanol–water partition coefficient (Wildman–Crippen LogP) is 4.40. The van der Waals surface area contributed by atoms with Crippen molar-refractivity contribution in [2.45, 2.75) is 13.0 Å². The van der Waals surface area contributed by atoms with Gasteiger partial charge in [-0.1, -0.05) is 11.6 Å². The van der Waals surface area contributed by atoms with Gasteiger partial charge in [0.1, 0.15) is 29.1 Å². The number of hydrogen-bond acceptors (Lipinski definition) is 5. The Morgan fingerprint density at radius 3 is 2.52 bits per heavy atom. The summed E-state index contributed by atoms with van der Waals surface area (Å²) in [4.78, 5) is 30.8. The molecule has 1 atom stereocenters. The lowest BCUT2D eigenvalue weighted by molar-refractivity contribution is -0.132. The smallest absolute Gasteiger partial charge is 0.300 e. The minimum absolute atomic E-state index is 0.143. The summed E-state index contributed by atoms with van der Waals surface area (Å²) in [6.45, 7) is 1.72. The van der Waals surface area contributed by atoms with Gasteiger partial charge in [-0.3, -0.25) is 19.5 Å². The van der Waals surface area contributed by atoms with Crippen molar-refractivity contribution in [2.75, 3.05) is 4.90 Å². The average Bonchev–Trinajstić information content (AvgIpc) is 3.25. The number of ketones is 1. The fourth-order valence-corrected chi connectivity index (χ4v) is 3.44. The first kappa shape index (κ1) is 18.9. The van der Waals surface area contributed by atoms with Gasteiger partial charge >= 0.3 is 0 Å². The summed E-state index contributed by atoms with van der Waals surface area (Å²) in [5, 5.41) is 10.6. The molecule has 1 amide bonds. The van der Waals surface area contributed by atoms with Crippen molar-refractivity contribution in [3.8, 4) is 0 Å². The number of anilines is 1. The zero-order valence-corrected chi connectivity index (χ0v) is 15.9. The van der Waals surface area contributed by atoms with E-state index in [9.17, 15) is 19.1 Å². The lowest BCUT2D eigenvalue weighted by Gasteiger charge is -2.23. The molecule has 1 fully saturated rings. The van der Waals surface area contributed by atoms with Gasteiger partial charge in [0.25, 0.3) is 11.7 Å². The standard InChI is InChI=1S/C21H14ClFN2O4/c1-11-2-5-16(29-11)18-17(19(26)12-6-8-24-9-7-12)20(27)21(28)25(18)13-3-4-15(23)14(22)10-13/h2-10,18,26H,1H3/b19-17-. The van der Waals surface area contributed by atoms with E-state index in [-0.39, 0.29) is 27.8 Å². The molecule has 1 aliphatic heterocycles. The molecule has 1 N–H and O–H groups in total. The predicted molar refractivity (Wildman–Crippen MR) is 104 cm³/mol. The van der Waals surface area contributed by atoms with Crippen molar-refractivity contribution in [3.05, 3.63) is 88.4 Å². The summed E-state index contributed by atoms with van der Waals surface area (Å²) in [6.07, 6.45) is 2.91. The summed E-state index contributed by atoms with van der Waals surface area (Å²) in [5.41, 5.74) is 0.380. The first-order valence-corrected chi connectivity index (χ1v) is 8.99. The number of nitrogens with zero attached hydrogens (tertiary/aromatic N) is 2. The van der Waals surface area contributed by atoms with Crippen LogP contribution in [0.25, 0.3) is 5.76 Å². The summed E-state index contributed by atoms with van der Waals surface area (Å²) in [7, 11) is 0. The SMILES string of the molecule is Cc1ccc(C2/C(=C(/O)c3ccncc3)C(=O)C(=O)N2c2ccc(F)c(Cl)c2)o1. The zero-order valence-electron chi connectivity index (χ0n) is 15.1. The molecule has 0 spiro atoms. The lowest BCUT2D eigenvalue weighted by Crippen LogP contribution is -2.29. The highest BCUT2D eigenvalue weighted by molar-refractivity contribution is 6.51. The Morgan fingerprint density at radius 1 is 1.17 bits per heavy atom. The number of halogens is 2. The highest BCUT2D eigenvalue weighted by atomic mass is 35.5. The largest absolute Gasteiger partial charge is 0.507 e. The number of benzene rings is 1. The monoisotopic (exact) mass is 412 g/mol. The maximum absolute atomic E-state index is 13.6. The molecular weight excluding hydrogens is 399 g/mol. The number of rotatable bonds is 3. The molecule has 0 aliphatic carbocycles. The van der Waals surface area contributed by atoms with E-state index in [2.05, 4.69) is 4.98 Å². The topological polar surface area (TPSA) is 83.6 Å². The maximum atomic E-state index is 13.6. The molecule has 3 heterocycles. The van der Waals surface area contributed by atoms with Crippen LogP contribution in [0, 0.1) is 12.7 Å². The van der Waals surface area contributed by atoms with Crippen LogP contribution in [0.3, 0.4) is 0 Å². The fourth-order valence-electron chi connectivity index (χ4n) is 3.27. The van der Waals surface area contributed by atoms with Crippen LogP contribution in [0.4, 0.5) is 10.1 Å². The minimum Gasteiger partial charge on any atom is -0.507 e. The number of aromatic nitrogens is 1. The normalized spacial score (nSPS) is 18.4. The molecule has 0 saturated carbocycles. The maximum Gasteiger partial charge on any atom is 0.300 e. The highest BCUT2D eigenvalue weighted by Gasteiger charge is 2.48. The Morgan fingerprint density at radius 2 is 1.90 bits per heavy atom. The van der Waals surface area contributed by atoms with Gasteiger partial charge in [0.05, 0.1) is 10.6 Å². The number of pyridine rings is 1. The number of aliphatic hydroxyl groups is 1. The Bertz CT molecular complexity index is 1160. The molecule has 1 aliphatic rings. The Balaban J connectivity index is 1.95. The third kappa shape index (κ3) is 3.19. The van der Waals surface area contributed by atoms with Crippen molar-refractivity contribution >= 4 is 34.7 Å². The molecule has 6 nitrogen and oxygen atoms in total. The van der Waals surface area contributed by atoms with Crippen LogP contribution in [0.15, 0.2) is 64.8 Å². The Hall–Kier alpha value is -3.45. The van der Waals surface area contributed by atoms with Crippen molar-refractivity contribution in [1.82, 2.24) is 4.98 Å². The van der Waals surface area contributed by atoms with Crippen molar-refractivity contribution in [2.24, 2.45) is 0 Å². The lowest BCUT2D eigenvalue weighted by atomic mass is 9.99. The summed E-state index contributed by atoms with van der Waals surface area (Å²) in [6, 6.07) is 8.97. The zero-order chi connectivity index (χ0) is 20.7. The Labute approximate surface area is 169 Å². The number of aryl methyl sites for hydroxylation is 1. The van der Waals surface area contributed by atoms with E-state index >= 15 is 0 Å². The van der Waals surface area contributed by atoms with E-state index in [1.807, 2.05) is 0 Å². The van der Waals surface area contributed by atoms with Crippen LogP contribution < -0.4 is 4.90 Å². The van der Waals surface area contributed by atoms with E-state index < -0.39 is 23.5 Å². The van der Waals surface area contributed by atoms with E-state index in [1.165, 1.54) is 36.7 Å². The summed E-state index contributed by atoms with van der Waals surface area (Å²) in [5.74, 6) is -1.96. The van der Waals surface area contributed by atoms with Gasteiger partial charge in [0.15, 0.2) is 0 Å². The van der Waals surface area contributed by atoms with Crippen molar-refractivity contribution in [3.63, 3.8) is 0 Å². The van der Waals surface area contributed by atoms with Gasteiger partial charge in [-0.15, -0.1) is 0 Å². The first-order chi connectivity index (χ1) is 13.9. The molecular formula is C21H14ClFN2O4. The van der Waals surface area contributed by atoms with E-state index in [1.54, 1.807) is 19.1 Å². The van der Waals surface area contributed by atoms with Gasteiger partial charge in [-0.05, 0) is 49.4 Å². The minimum atomic E-state index is -1.04. The van der Waals surface area contributed by atoms with Gasteiger partial charge in [0, 0.05) is 23.6 Å². The number of Topliss-reactive ketones (excluding diaryl/α,β-unsaturated/α-hetero) is 1. The average molecular weight is 413 g/mol. The van der Waals surface area contributed by atoms with Gasteiger partial charge in [0.2, 0.25) is 0 Å². The fraction of sp³-hybridized carbons (Fsp3) is 0.0952. The van der Waals surface area contributed by atoms with E-state index in [0.717, 1.165) is 11.0 Å². The molecule has 4 rings (SSSR count). The van der Waals surface area contributed by atoms with Crippen LogP contribution in [0.2, 0.25) is 5.02 Å². The molecule has 8 heteroatoms. The van der Waals surface area contributed by atoms with Crippen LogP contribution in [-0.4, -0.2) is 21.8 Å². The van der Waals surface area contributed by atoms with Crippen molar-refractivity contribution in [1.29, 1.82) is 0 Å². The van der Waals surface area contributed by atoms with Gasteiger partial charge in [-0.25, -0.2) is 4.39 Å². The summed E-state index contributed by atoms with van der Waals surface area (Å²) < 4.78 is 19.3. The molecule has 29 heavy (non-hydrogen) atoms. The van der Waals surface area contributed by atoms with Crippen LogP contribution in [0.1, 0.15) is 23.1 Å². The molecule has 1 saturated heterocycles. The molecule has 1 aromatic carbocycles. The molecule has 146 valence electrons. The molecule has 0 radical (unpaired) electrons. The third-order valence-corrected chi connectivity index (χ3v) is 4.90. The van der Waals surface area contributed by atoms with E-state index in [0.29, 0.717) is 11.3 Å². The third-order valence-electron chi connectivity index (χ3n) is 4.61. The Kier molecular flexibility index (Phi) is 4.68. The van der Waals surface area contributed by atoms with Gasteiger partial charge < -0.3 is 9.52 Å². The quantitative estimate of drug-likeness (QED) is 0.391. The molecule has 1 unspecified atom stereocenters. The second-order valence-electron chi connectivity index (χ2n) is 6.45. The molecule has 2 aromatic heterocycles. The number of carbonyl (C=O) groups excluding carboxylic acids is 2. The van der Waals surface area contributed by atoms with Crippen molar-refractivity contribution < 1.29 is 23.5 Å². The highest BCUT2D eigenvalue weighted by Crippen LogP contribution is 2.43. The number of furan rings is 1. The second-order valence-corrected chi connectivity index (χ2v) is 6.86. The van der Waals surface area contributed by atoms with Crippen LogP contribution >= 0.6 is 11.6 Å².